The molecule has 1 aromatic heterocycles. The van der Waals surface area contributed by atoms with Crippen molar-refractivity contribution in [3.63, 3.8) is 0 Å². The zero-order valence-electron chi connectivity index (χ0n) is 14.4. The summed E-state index contributed by atoms with van der Waals surface area (Å²) in [6.07, 6.45) is 3.57. The number of aromatic nitrogens is 2. The molecule has 0 radical (unpaired) electrons. The predicted octanol–water partition coefficient (Wildman–Crippen LogP) is 2.31. The standard InChI is InChI=1S/C19H23N3O3/c1-2-17-20-19(21-25-17)14-5-6-16-12(9-14)3-4-13(16)10-18(24)22-8-7-15(23)11-22/h5-6,9,13,15,23H,2-4,7-8,10-11H2,1H3/t13-,15-/m0/s1. The monoisotopic (exact) mass is 341 g/mol. The van der Waals surface area contributed by atoms with Crippen molar-refractivity contribution in [2.75, 3.05) is 13.1 Å². The average Bonchev–Trinajstić information content (AvgIpc) is 3.34. The summed E-state index contributed by atoms with van der Waals surface area (Å²) in [5.74, 6) is 1.70. The van der Waals surface area contributed by atoms with Gasteiger partial charge in [0.25, 0.3) is 0 Å². The lowest BCUT2D eigenvalue weighted by molar-refractivity contribution is -0.130. The van der Waals surface area contributed by atoms with Gasteiger partial charge in [0, 0.05) is 31.5 Å². The van der Waals surface area contributed by atoms with Gasteiger partial charge in [-0.05, 0) is 42.4 Å². The van der Waals surface area contributed by atoms with Crippen LogP contribution in [0, 0.1) is 0 Å². The molecular weight excluding hydrogens is 318 g/mol. The summed E-state index contributed by atoms with van der Waals surface area (Å²) in [7, 11) is 0. The van der Waals surface area contributed by atoms with Crippen LogP contribution in [0.5, 0.6) is 0 Å². The third-order valence-corrected chi connectivity index (χ3v) is 5.31. The average molecular weight is 341 g/mol. The van der Waals surface area contributed by atoms with Crippen molar-refractivity contribution in [2.45, 2.75) is 51.0 Å². The van der Waals surface area contributed by atoms with Crippen LogP contribution in [0.2, 0.25) is 0 Å². The predicted molar refractivity (Wildman–Crippen MR) is 92.0 cm³/mol. The van der Waals surface area contributed by atoms with Crippen LogP contribution in [0.3, 0.4) is 0 Å². The largest absolute Gasteiger partial charge is 0.391 e. The second-order valence-corrected chi connectivity index (χ2v) is 7.00. The third-order valence-electron chi connectivity index (χ3n) is 5.31. The lowest BCUT2D eigenvalue weighted by atomic mass is 9.96. The lowest BCUT2D eigenvalue weighted by Gasteiger charge is -2.18. The van der Waals surface area contributed by atoms with Crippen molar-refractivity contribution in [1.29, 1.82) is 0 Å². The number of aliphatic hydroxyl groups excluding tert-OH is 1. The number of β-amino-alcohol motifs (C(OH)–C–C–N with tert-alkyl or cyclic N) is 1. The summed E-state index contributed by atoms with van der Waals surface area (Å²) in [6.45, 7) is 3.14. The molecule has 1 amide bonds. The van der Waals surface area contributed by atoms with E-state index in [1.807, 2.05) is 13.0 Å². The smallest absolute Gasteiger partial charge is 0.226 e. The summed E-state index contributed by atoms with van der Waals surface area (Å²) in [4.78, 5) is 18.6. The maximum atomic E-state index is 12.5. The second-order valence-electron chi connectivity index (χ2n) is 7.00. The molecule has 2 aliphatic rings. The highest BCUT2D eigenvalue weighted by molar-refractivity contribution is 5.78. The van der Waals surface area contributed by atoms with Gasteiger partial charge in [-0.3, -0.25) is 4.79 Å². The van der Waals surface area contributed by atoms with Crippen molar-refractivity contribution < 1.29 is 14.4 Å². The fourth-order valence-corrected chi connectivity index (χ4v) is 3.88. The molecule has 132 valence electrons. The van der Waals surface area contributed by atoms with Gasteiger partial charge < -0.3 is 14.5 Å². The van der Waals surface area contributed by atoms with Gasteiger partial charge in [0.05, 0.1) is 6.10 Å². The van der Waals surface area contributed by atoms with Crippen molar-refractivity contribution in [3.8, 4) is 11.4 Å². The summed E-state index contributed by atoms with van der Waals surface area (Å²) in [5, 5.41) is 13.7. The number of hydrogen-bond donors (Lipinski definition) is 1. The number of fused-ring (bicyclic) bond motifs is 1. The summed E-state index contributed by atoms with van der Waals surface area (Å²) in [5.41, 5.74) is 3.51. The number of rotatable bonds is 4. The Labute approximate surface area is 146 Å². The number of carbonyl (C=O) groups excluding carboxylic acids is 1. The van der Waals surface area contributed by atoms with E-state index in [9.17, 15) is 9.90 Å². The number of likely N-dealkylation sites (tertiary alicyclic amines) is 1. The zero-order valence-corrected chi connectivity index (χ0v) is 14.4. The molecule has 1 N–H and O–H groups in total. The van der Waals surface area contributed by atoms with Crippen molar-refractivity contribution in [1.82, 2.24) is 15.0 Å². The minimum absolute atomic E-state index is 0.157. The van der Waals surface area contributed by atoms with Gasteiger partial charge in [0.2, 0.25) is 17.6 Å². The molecule has 1 aliphatic heterocycles. The Hall–Kier alpha value is -2.21. The van der Waals surface area contributed by atoms with Gasteiger partial charge in [0.1, 0.15) is 0 Å². The van der Waals surface area contributed by atoms with E-state index in [1.54, 1.807) is 4.90 Å². The fraction of sp³-hybridized carbons (Fsp3) is 0.526. The van der Waals surface area contributed by atoms with Gasteiger partial charge in [-0.2, -0.15) is 4.98 Å². The second kappa shape index (κ2) is 6.59. The Morgan fingerprint density at radius 3 is 3.00 bits per heavy atom. The maximum Gasteiger partial charge on any atom is 0.226 e. The van der Waals surface area contributed by atoms with Crippen LogP contribution < -0.4 is 0 Å². The van der Waals surface area contributed by atoms with Crippen LogP contribution in [-0.2, 0) is 17.6 Å². The Balaban J connectivity index is 1.48. The number of hydrogen-bond acceptors (Lipinski definition) is 5. The highest BCUT2D eigenvalue weighted by Crippen LogP contribution is 2.37. The van der Waals surface area contributed by atoms with Crippen molar-refractivity contribution >= 4 is 5.91 Å². The Morgan fingerprint density at radius 1 is 1.40 bits per heavy atom. The normalized spacial score (nSPS) is 22.4. The SMILES string of the molecule is CCc1nc(-c2ccc3c(c2)CC[C@H]3CC(=O)N2CC[C@H](O)C2)no1. The van der Waals surface area contributed by atoms with E-state index in [1.165, 1.54) is 11.1 Å². The van der Waals surface area contributed by atoms with Crippen LogP contribution >= 0.6 is 0 Å². The van der Waals surface area contributed by atoms with Crippen LogP contribution in [0.15, 0.2) is 22.7 Å². The van der Waals surface area contributed by atoms with Crippen LogP contribution in [0.1, 0.15) is 49.1 Å². The van der Waals surface area contributed by atoms with E-state index in [-0.39, 0.29) is 17.9 Å². The summed E-state index contributed by atoms with van der Waals surface area (Å²) < 4.78 is 5.20. The van der Waals surface area contributed by atoms with E-state index in [2.05, 4.69) is 22.3 Å². The topological polar surface area (TPSA) is 79.5 Å². The molecule has 25 heavy (non-hydrogen) atoms. The maximum absolute atomic E-state index is 12.5. The first-order valence-electron chi connectivity index (χ1n) is 9.05. The Bertz CT molecular complexity index is 786. The highest BCUT2D eigenvalue weighted by Gasteiger charge is 2.30. The number of amides is 1. The van der Waals surface area contributed by atoms with E-state index >= 15 is 0 Å². The number of aryl methyl sites for hydroxylation is 2. The molecule has 1 aliphatic carbocycles. The van der Waals surface area contributed by atoms with Gasteiger partial charge in [-0.15, -0.1) is 0 Å². The molecule has 4 rings (SSSR count). The van der Waals surface area contributed by atoms with Gasteiger partial charge in [-0.1, -0.05) is 24.2 Å². The number of benzene rings is 1. The minimum Gasteiger partial charge on any atom is -0.391 e. The van der Waals surface area contributed by atoms with E-state index < -0.39 is 0 Å². The molecule has 2 heterocycles. The van der Waals surface area contributed by atoms with E-state index in [0.29, 0.717) is 37.6 Å². The Morgan fingerprint density at radius 2 is 2.28 bits per heavy atom. The third kappa shape index (κ3) is 3.18. The molecular formula is C19H23N3O3. The first kappa shape index (κ1) is 16.3. The first-order valence-corrected chi connectivity index (χ1v) is 9.05. The van der Waals surface area contributed by atoms with Crippen LogP contribution in [-0.4, -0.2) is 45.2 Å². The molecule has 2 atom stereocenters. The molecule has 1 fully saturated rings. The summed E-state index contributed by atoms with van der Waals surface area (Å²) >= 11 is 0. The highest BCUT2D eigenvalue weighted by atomic mass is 16.5. The Kier molecular flexibility index (Phi) is 4.29. The molecule has 1 aromatic carbocycles. The number of carbonyl (C=O) groups is 1. The van der Waals surface area contributed by atoms with Crippen molar-refractivity contribution in [3.05, 3.63) is 35.2 Å². The molecule has 1 saturated heterocycles. The quantitative estimate of drug-likeness (QED) is 0.923. The minimum atomic E-state index is -0.356. The molecule has 0 saturated carbocycles. The first-order chi connectivity index (χ1) is 12.1. The molecule has 6 heteroatoms. The van der Waals surface area contributed by atoms with E-state index in [4.69, 9.17) is 4.52 Å². The molecule has 2 aromatic rings. The van der Waals surface area contributed by atoms with Gasteiger partial charge in [-0.25, -0.2) is 0 Å². The van der Waals surface area contributed by atoms with Crippen molar-refractivity contribution in [2.24, 2.45) is 0 Å². The summed E-state index contributed by atoms with van der Waals surface area (Å²) in [6, 6.07) is 6.26. The molecule has 0 bridgehead atoms. The fourth-order valence-electron chi connectivity index (χ4n) is 3.88. The zero-order chi connectivity index (χ0) is 17.4. The molecule has 0 spiro atoms. The van der Waals surface area contributed by atoms with Gasteiger partial charge >= 0.3 is 0 Å². The van der Waals surface area contributed by atoms with Crippen LogP contribution in [0.4, 0.5) is 0 Å². The lowest BCUT2D eigenvalue weighted by Crippen LogP contribution is -2.30. The van der Waals surface area contributed by atoms with Crippen LogP contribution in [0.25, 0.3) is 11.4 Å². The number of aliphatic hydroxyl groups is 1. The van der Waals surface area contributed by atoms with E-state index in [0.717, 1.165) is 24.8 Å². The van der Waals surface area contributed by atoms with Gasteiger partial charge in [0.15, 0.2) is 0 Å². The number of nitrogens with zero attached hydrogens (tertiary/aromatic N) is 3. The molecule has 0 unspecified atom stereocenters. The molecule has 6 nitrogen and oxygen atoms in total.